The molecule has 0 spiro atoms. The third kappa shape index (κ3) is 3.69. The van der Waals surface area contributed by atoms with Crippen molar-refractivity contribution >= 4 is 29.2 Å². The van der Waals surface area contributed by atoms with Gasteiger partial charge in [0.15, 0.2) is 0 Å². The number of benzene rings is 2. The van der Waals surface area contributed by atoms with E-state index in [1.807, 2.05) is 30.5 Å². The molecular formula is C25H23FN4O. The van der Waals surface area contributed by atoms with Gasteiger partial charge in [-0.15, -0.1) is 0 Å². The number of rotatable bonds is 4. The van der Waals surface area contributed by atoms with E-state index in [-0.39, 0.29) is 5.91 Å². The van der Waals surface area contributed by atoms with Gasteiger partial charge in [0.2, 0.25) is 5.91 Å². The van der Waals surface area contributed by atoms with Crippen LogP contribution in [0.2, 0.25) is 0 Å². The predicted octanol–water partition coefficient (Wildman–Crippen LogP) is 4.96. The molecule has 1 N–H and O–H groups in total. The first kappa shape index (κ1) is 19.4. The molecule has 6 heteroatoms. The first-order valence-electron chi connectivity index (χ1n) is 10.5. The summed E-state index contributed by atoms with van der Waals surface area (Å²) in [4.78, 5) is 23.7. The number of carbonyl (C=O) groups excluding carboxylic acids is 1. The Morgan fingerprint density at radius 1 is 1.19 bits per heavy atom. The van der Waals surface area contributed by atoms with Gasteiger partial charge in [0.05, 0.1) is 5.69 Å². The minimum absolute atomic E-state index is 0.255. The fourth-order valence-corrected chi connectivity index (χ4v) is 4.52. The molecule has 0 radical (unpaired) electrons. The smallest absolute Gasteiger partial charge is 0.237 e. The average Bonchev–Trinajstić information content (AvgIpc) is 3.38. The van der Waals surface area contributed by atoms with Crippen LogP contribution in [0.4, 0.5) is 21.5 Å². The maximum Gasteiger partial charge on any atom is 0.237 e. The second-order valence-corrected chi connectivity index (χ2v) is 8.10. The van der Waals surface area contributed by atoms with Crippen molar-refractivity contribution in [1.82, 2.24) is 4.98 Å². The van der Waals surface area contributed by atoms with Crippen LogP contribution in [0.1, 0.15) is 35.1 Å². The molecule has 0 aliphatic carbocycles. The van der Waals surface area contributed by atoms with Crippen LogP contribution in [0.25, 0.3) is 0 Å². The molecule has 2 aromatic carbocycles. The summed E-state index contributed by atoms with van der Waals surface area (Å²) in [6, 6.07) is 16.8. The zero-order valence-electron chi connectivity index (χ0n) is 17.3. The van der Waals surface area contributed by atoms with Gasteiger partial charge < -0.3 is 10.2 Å². The van der Waals surface area contributed by atoms with Gasteiger partial charge in [-0.1, -0.05) is 12.1 Å². The number of anilines is 2. The first-order valence-corrected chi connectivity index (χ1v) is 10.5. The zero-order chi connectivity index (χ0) is 21.4. The van der Waals surface area contributed by atoms with E-state index >= 15 is 0 Å². The van der Waals surface area contributed by atoms with Crippen LogP contribution in [0.3, 0.4) is 0 Å². The number of amides is 1. The van der Waals surface area contributed by atoms with E-state index in [0.717, 1.165) is 36.5 Å². The molecule has 2 atom stereocenters. The average molecular weight is 414 g/mol. The first-order chi connectivity index (χ1) is 15.1. The number of hydrogen-bond donors (Lipinski definition) is 1. The number of halogens is 1. The highest BCUT2D eigenvalue weighted by atomic mass is 19.1. The number of carbonyl (C=O) groups is 1. The maximum atomic E-state index is 14.2. The van der Waals surface area contributed by atoms with Gasteiger partial charge in [-0.25, -0.2) is 4.39 Å². The van der Waals surface area contributed by atoms with Gasteiger partial charge in [0.25, 0.3) is 0 Å². The van der Waals surface area contributed by atoms with E-state index in [9.17, 15) is 9.18 Å². The van der Waals surface area contributed by atoms with E-state index in [2.05, 4.69) is 39.2 Å². The largest absolute Gasteiger partial charge is 0.371 e. The predicted molar refractivity (Wildman–Crippen MR) is 121 cm³/mol. The molecule has 1 fully saturated rings. The quantitative estimate of drug-likeness (QED) is 0.614. The lowest BCUT2D eigenvalue weighted by atomic mass is 10.0. The Balaban J connectivity index is 1.32. The van der Waals surface area contributed by atoms with Crippen molar-refractivity contribution in [3.63, 3.8) is 0 Å². The summed E-state index contributed by atoms with van der Waals surface area (Å²) in [6.45, 7) is 4.00. The Labute approximate surface area is 180 Å². The molecule has 2 aliphatic rings. The highest BCUT2D eigenvalue weighted by molar-refractivity contribution is 6.12. The summed E-state index contributed by atoms with van der Waals surface area (Å²) >= 11 is 0. The van der Waals surface area contributed by atoms with Gasteiger partial charge in [0.1, 0.15) is 11.7 Å². The summed E-state index contributed by atoms with van der Waals surface area (Å²) in [7, 11) is 0. The van der Waals surface area contributed by atoms with Gasteiger partial charge >= 0.3 is 0 Å². The van der Waals surface area contributed by atoms with E-state index in [0.29, 0.717) is 17.2 Å². The van der Waals surface area contributed by atoms with Crippen molar-refractivity contribution in [2.45, 2.75) is 25.2 Å². The molecular weight excluding hydrogens is 391 g/mol. The molecule has 2 unspecified atom stereocenters. The van der Waals surface area contributed by atoms with Gasteiger partial charge in [-0.05, 0) is 61.4 Å². The van der Waals surface area contributed by atoms with Crippen LogP contribution in [-0.4, -0.2) is 30.2 Å². The van der Waals surface area contributed by atoms with Crippen molar-refractivity contribution in [2.75, 3.05) is 23.3 Å². The molecule has 0 saturated carbocycles. The van der Waals surface area contributed by atoms with Crippen molar-refractivity contribution in [3.05, 3.63) is 83.4 Å². The highest BCUT2D eigenvalue weighted by Crippen LogP contribution is 2.35. The Morgan fingerprint density at radius 2 is 2.10 bits per heavy atom. The summed E-state index contributed by atoms with van der Waals surface area (Å²) in [6.07, 6.45) is 4.47. The van der Waals surface area contributed by atoms with Crippen LogP contribution >= 0.6 is 0 Å². The Kier molecular flexibility index (Phi) is 4.98. The molecule has 1 amide bonds. The third-order valence-corrected chi connectivity index (χ3v) is 6.09. The standard InChI is InChI=1S/C25H23FN4O/c1-16-13-18(28-14-19-24-20(26)5-4-7-22(24)29-25(19)31)8-9-23(16)30-12-10-17(15-30)21-6-2-3-11-27-21/h2-9,11,13-14,17,19H,10,12,15H2,1H3,(H,29,31). The molecule has 156 valence electrons. The molecule has 2 aliphatic heterocycles. The van der Waals surface area contributed by atoms with Crippen LogP contribution in [0, 0.1) is 12.7 Å². The fraction of sp³-hybridized carbons (Fsp3) is 0.240. The van der Waals surface area contributed by atoms with Crippen LogP contribution in [0.15, 0.2) is 65.8 Å². The summed E-state index contributed by atoms with van der Waals surface area (Å²) < 4.78 is 14.2. The lowest BCUT2D eigenvalue weighted by Gasteiger charge is -2.21. The normalized spacial score (nSPS) is 20.3. The number of pyridine rings is 1. The van der Waals surface area contributed by atoms with Crippen molar-refractivity contribution in [2.24, 2.45) is 4.99 Å². The topological polar surface area (TPSA) is 57.6 Å². The van der Waals surface area contributed by atoms with Gasteiger partial charge in [0, 0.05) is 54.1 Å². The van der Waals surface area contributed by atoms with Crippen molar-refractivity contribution in [3.8, 4) is 0 Å². The lowest BCUT2D eigenvalue weighted by molar-refractivity contribution is -0.115. The molecule has 1 aromatic heterocycles. The van der Waals surface area contributed by atoms with E-state index in [1.165, 1.54) is 18.0 Å². The molecule has 3 aromatic rings. The number of aliphatic imine (C=N–C) groups is 1. The number of nitrogens with one attached hydrogen (secondary N) is 1. The van der Waals surface area contributed by atoms with Gasteiger partial charge in [-0.2, -0.15) is 0 Å². The Hall–Kier alpha value is -3.54. The third-order valence-electron chi connectivity index (χ3n) is 6.09. The molecule has 3 heterocycles. The summed E-state index contributed by atoms with van der Waals surface area (Å²) in [5.74, 6) is -0.923. The second kappa shape index (κ2) is 7.95. The molecule has 5 nitrogen and oxygen atoms in total. The summed E-state index contributed by atoms with van der Waals surface area (Å²) in [5.41, 5.74) is 5.09. The molecule has 1 saturated heterocycles. The Bertz CT molecular complexity index is 1160. The van der Waals surface area contributed by atoms with E-state index < -0.39 is 11.7 Å². The van der Waals surface area contributed by atoms with Crippen LogP contribution < -0.4 is 10.2 Å². The zero-order valence-corrected chi connectivity index (χ0v) is 17.3. The molecule has 0 bridgehead atoms. The highest BCUT2D eigenvalue weighted by Gasteiger charge is 2.32. The molecule has 5 rings (SSSR count). The molecule has 31 heavy (non-hydrogen) atoms. The minimum atomic E-state index is -0.714. The Morgan fingerprint density at radius 3 is 2.90 bits per heavy atom. The van der Waals surface area contributed by atoms with E-state index in [4.69, 9.17) is 0 Å². The summed E-state index contributed by atoms with van der Waals surface area (Å²) in [5, 5.41) is 2.72. The number of nitrogens with zero attached hydrogens (tertiary/aromatic N) is 3. The van der Waals surface area contributed by atoms with Crippen molar-refractivity contribution in [1.29, 1.82) is 0 Å². The SMILES string of the molecule is Cc1cc(N=CC2C(=O)Nc3cccc(F)c32)ccc1N1CCC(c2ccccn2)C1. The number of aromatic nitrogens is 1. The monoisotopic (exact) mass is 414 g/mol. The lowest BCUT2D eigenvalue weighted by Crippen LogP contribution is -2.20. The maximum absolute atomic E-state index is 14.2. The number of aryl methyl sites for hydroxylation is 1. The fourth-order valence-electron chi connectivity index (χ4n) is 4.52. The van der Waals surface area contributed by atoms with Crippen LogP contribution in [0.5, 0.6) is 0 Å². The van der Waals surface area contributed by atoms with Gasteiger partial charge in [-0.3, -0.25) is 14.8 Å². The number of fused-ring (bicyclic) bond motifs is 1. The van der Waals surface area contributed by atoms with Crippen molar-refractivity contribution < 1.29 is 9.18 Å². The number of hydrogen-bond acceptors (Lipinski definition) is 4. The van der Waals surface area contributed by atoms with Crippen LogP contribution in [-0.2, 0) is 4.79 Å². The minimum Gasteiger partial charge on any atom is -0.371 e. The van der Waals surface area contributed by atoms with E-state index in [1.54, 1.807) is 12.1 Å². The second-order valence-electron chi connectivity index (χ2n) is 8.10.